The van der Waals surface area contributed by atoms with E-state index in [1.54, 1.807) is 6.92 Å². The molecule has 16 heavy (non-hydrogen) atoms. The number of nitrogens with zero attached hydrogens (tertiary/aromatic N) is 1. The average molecular weight is 257 g/mol. The maximum absolute atomic E-state index is 12.1. The van der Waals surface area contributed by atoms with Gasteiger partial charge in [-0.3, -0.25) is 4.79 Å². The molecule has 0 N–H and O–H groups in total. The van der Waals surface area contributed by atoms with Crippen molar-refractivity contribution in [3.05, 3.63) is 0 Å². The van der Waals surface area contributed by atoms with E-state index in [-0.39, 0.29) is 17.0 Å². The van der Waals surface area contributed by atoms with Gasteiger partial charge in [-0.05, 0) is 6.92 Å². The third-order valence-corrected chi connectivity index (χ3v) is 2.99. The Bertz CT molecular complexity index is 235. The lowest BCUT2D eigenvalue weighted by Gasteiger charge is -2.24. The molecule has 0 aliphatic heterocycles. The van der Waals surface area contributed by atoms with Gasteiger partial charge in [0.05, 0.1) is 5.75 Å². The van der Waals surface area contributed by atoms with Crippen molar-refractivity contribution in [3.8, 4) is 0 Å². The lowest BCUT2D eigenvalue weighted by Crippen LogP contribution is -2.40. The molecule has 1 amide bonds. The van der Waals surface area contributed by atoms with Crippen LogP contribution in [-0.2, 0) is 4.79 Å². The van der Waals surface area contributed by atoms with Crippen molar-refractivity contribution in [2.75, 3.05) is 18.8 Å². The number of thioether (sulfide) groups is 1. The maximum atomic E-state index is 12.1. The van der Waals surface area contributed by atoms with Crippen molar-refractivity contribution >= 4 is 17.7 Å². The van der Waals surface area contributed by atoms with E-state index in [4.69, 9.17) is 0 Å². The van der Waals surface area contributed by atoms with Gasteiger partial charge in [-0.25, -0.2) is 0 Å². The molecule has 2 nitrogen and oxygen atoms in total. The number of amides is 1. The van der Waals surface area contributed by atoms with Gasteiger partial charge in [0.15, 0.2) is 0 Å². The largest absolute Gasteiger partial charge is 0.406 e. The summed E-state index contributed by atoms with van der Waals surface area (Å²) in [7, 11) is 0. The Balaban J connectivity index is 4.22. The first-order valence-electron chi connectivity index (χ1n) is 5.03. The van der Waals surface area contributed by atoms with Crippen molar-refractivity contribution in [2.24, 2.45) is 0 Å². The number of halogens is 3. The lowest BCUT2D eigenvalue weighted by atomic mass is 10.3. The maximum Gasteiger partial charge on any atom is 0.406 e. The normalized spacial score (nSPS) is 12.7. The van der Waals surface area contributed by atoms with Gasteiger partial charge < -0.3 is 4.90 Å². The summed E-state index contributed by atoms with van der Waals surface area (Å²) in [6, 6.07) is 0. The number of carbonyl (C=O) groups is 1. The van der Waals surface area contributed by atoms with Crippen LogP contribution >= 0.6 is 11.8 Å². The smallest absolute Gasteiger partial charge is 0.333 e. The zero-order valence-corrected chi connectivity index (χ0v) is 10.8. The summed E-state index contributed by atoms with van der Waals surface area (Å²) >= 11 is 1.35. The number of hydrogen-bond acceptors (Lipinski definition) is 2. The first-order chi connectivity index (χ1) is 7.05. The average Bonchev–Trinajstić information content (AvgIpc) is 2.07. The second kappa shape index (κ2) is 5.80. The van der Waals surface area contributed by atoms with Crippen LogP contribution in [-0.4, -0.2) is 40.6 Å². The summed E-state index contributed by atoms with van der Waals surface area (Å²) in [4.78, 5) is 12.3. The Hall–Kier alpha value is -0.390. The predicted octanol–water partition coefficient (Wildman–Crippen LogP) is 2.93. The van der Waals surface area contributed by atoms with Crippen LogP contribution in [0, 0.1) is 0 Å². The zero-order valence-electron chi connectivity index (χ0n) is 10.0. The minimum absolute atomic E-state index is 0.0864. The van der Waals surface area contributed by atoms with Gasteiger partial charge in [0.2, 0.25) is 5.91 Å². The highest BCUT2D eigenvalue weighted by atomic mass is 32.2. The summed E-state index contributed by atoms with van der Waals surface area (Å²) in [5.41, 5.74) is 0. The fourth-order valence-electron chi connectivity index (χ4n) is 0.962. The summed E-state index contributed by atoms with van der Waals surface area (Å²) < 4.78 is 36.3. The molecule has 0 spiro atoms. The van der Waals surface area contributed by atoms with Crippen molar-refractivity contribution in [1.29, 1.82) is 0 Å². The first kappa shape index (κ1) is 15.6. The van der Waals surface area contributed by atoms with E-state index in [1.807, 2.05) is 20.8 Å². The Labute approximate surface area is 98.6 Å². The fraction of sp³-hybridized carbons (Fsp3) is 0.900. The molecule has 0 aromatic carbocycles. The molecule has 0 aromatic rings. The summed E-state index contributed by atoms with van der Waals surface area (Å²) in [6.45, 7) is 6.24. The van der Waals surface area contributed by atoms with Crippen molar-refractivity contribution < 1.29 is 18.0 Å². The lowest BCUT2D eigenvalue weighted by molar-refractivity contribution is -0.159. The number of rotatable bonds is 4. The van der Waals surface area contributed by atoms with Gasteiger partial charge in [0, 0.05) is 11.3 Å². The van der Waals surface area contributed by atoms with Crippen LogP contribution in [0.5, 0.6) is 0 Å². The third kappa shape index (κ3) is 7.84. The van der Waals surface area contributed by atoms with Crippen LogP contribution in [0.15, 0.2) is 0 Å². The first-order valence-corrected chi connectivity index (χ1v) is 6.02. The molecule has 0 bridgehead atoms. The van der Waals surface area contributed by atoms with E-state index in [0.717, 1.165) is 4.90 Å². The molecule has 0 saturated carbocycles. The molecule has 0 aromatic heterocycles. The van der Waals surface area contributed by atoms with Crippen molar-refractivity contribution in [2.45, 2.75) is 38.6 Å². The highest BCUT2D eigenvalue weighted by Gasteiger charge is 2.32. The molecule has 0 unspecified atom stereocenters. The summed E-state index contributed by atoms with van der Waals surface area (Å²) in [5, 5.41) is 0. The molecule has 0 aliphatic carbocycles. The molecule has 0 heterocycles. The highest BCUT2D eigenvalue weighted by molar-refractivity contribution is 8.01. The van der Waals surface area contributed by atoms with Crippen LogP contribution in [0.4, 0.5) is 13.2 Å². The molecule has 96 valence electrons. The zero-order chi connectivity index (χ0) is 13.0. The van der Waals surface area contributed by atoms with Crippen LogP contribution in [0.25, 0.3) is 0 Å². The summed E-state index contributed by atoms with van der Waals surface area (Å²) in [5.74, 6) is -0.368. The van der Waals surface area contributed by atoms with E-state index in [2.05, 4.69) is 0 Å². The Morgan fingerprint density at radius 1 is 1.25 bits per heavy atom. The molecule has 0 atom stereocenters. The van der Waals surface area contributed by atoms with E-state index in [1.165, 1.54) is 11.8 Å². The quantitative estimate of drug-likeness (QED) is 0.771. The molecule has 0 aliphatic rings. The van der Waals surface area contributed by atoms with E-state index in [9.17, 15) is 18.0 Å². The molecule has 0 fully saturated rings. The van der Waals surface area contributed by atoms with Gasteiger partial charge in [-0.15, -0.1) is 11.8 Å². The highest BCUT2D eigenvalue weighted by Crippen LogP contribution is 2.24. The molecular weight excluding hydrogens is 239 g/mol. The second-order valence-electron chi connectivity index (χ2n) is 4.42. The fourth-order valence-corrected chi connectivity index (χ4v) is 1.70. The third-order valence-electron chi connectivity index (χ3n) is 1.73. The Morgan fingerprint density at radius 2 is 1.75 bits per heavy atom. The molecule has 6 heteroatoms. The van der Waals surface area contributed by atoms with E-state index >= 15 is 0 Å². The van der Waals surface area contributed by atoms with Gasteiger partial charge in [-0.1, -0.05) is 20.8 Å². The Kier molecular flexibility index (Phi) is 5.65. The molecular formula is C10H18F3NOS. The van der Waals surface area contributed by atoms with Gasteiger partial charge >= 0.3 is 6.18 Å². The molecule has 0 saturated heterocycles. The molecule has 0 rings (SSSR count). The minimum Gasteiger partial charge on any atom is -0.333 e. The van der Waals surface area contributed by atoms with Crippen molar-refractivity contribution in [1.82, 2.24) is 4.90 Å². The minimum atomic E-state index is -4.32. The summed E-state index contributed by atoms with van der Waals surface area (Å²) in [6.07, 6.45) is -4.32. The van der Waals surface area contributed by atoms with Crippen LogP contribution in [0.3, 0.4) is 0 Å². The van der Waals surface area contributed by atoms with Crippen LogP contribution in [0.2, 0.25) is 0 Å². The second-order valence-corrected chi connectivity index (χ2v) is 6.23. The van der Waals surface area contributed by atoms with Crippen LogP contribution < -0.4 is 0 Å². The van der Waals surface area contributed by atoms with Gasteiger partial charge in [0.25, 0.3) is 0 Å². The topological polar surface area (TPSA) is 20.3 Å². The molecule has 0 radical (unpaired) electrons. The van der Waals surface area contributed by atoms with Gasteiger partial charge in [-0.2, -0.15) is 13.2 Å². The van der Waals surface area contributed by atoms with E-state index < -0.39 is 18.6 Å². The Morgan fingerprint density at radius 3 is 2.06 bits per heavy atom. The predicted molar refractivity (Wildman–Crippen MR) is 60.5 cm³/mol. The number of alkyl halides is 3. The van der Waals surface area contributed by atoms with E-state index in [0.29, 0.717) is 0 Å². The van der Waals surface area contributed by atoms with Gasteiger partial charge in [0.1, 0.15) is 6.54 Å². The SMILES string of the molecule is CCN(CC(F)(F)F)C(=O)CSC(C)(C)C. The standard InChI is InChI=1S/C10H18F3NOS/c1-5-14(7-10(11,12)13)8(15)6-16-9(2,3)4/h5-7H2,1-4H3. The van der Waals surface area contributed by atoms with Crippen LogP contribution in [0.1, 0.15) is 27.7 Å². The number of hydrogen-bond donors (Lipinski definition) is 0. The monoisotopic (exact) mass is 257 g/mol. The number of carbonyl (C=O) groups excluding carboxylic acids is 1. The van der Waals surface area contributed by atoms with Crippen molar-refractivity contribution in [3.63, 3.8) is 0 Å².